The van der Waals surface area contributed by atoms with E-state index in [2.05, 4.69) is 15.9 Å². The third-order valence-corrected chi connectivity index (χ3v) is 4.44. The maximum atomic E-state index is 12.4. The number of halogens is 1. The van der Waals surface area contributed by atoms with Crippen LogP contribution in [-0.2, 0) is 10.1 Å². The minimum Gasteiger partial charge on any atom is -0.495 e. The summed E-state index contributed by atoms with van der Waals surface area (Å²) in [5, 5.41) is 0. The summed E-state index contributed by atoms with van der Waals surface area (Å²) in [5.41, 5.74) is 0.741. The lowest BCUT2D eigenvalue weighted by Crippen LogP contribution is -2.11. The summed E-state index contributed by atoms with van der Waals surface area (Å²) in [4.78, 5) is -0.0161. The molecule has 4 nitrogen and oxygen atoms in total. The zero-order valence-corrected chi connectivity index (χ0v) is 13.4. The van der Waals surface area contributed by atoms with Gasteiger partial charge < -0.3 is 8.92 Å². The van der Waals surface area contributed by atoms with Crippen LogP contribution in [0.4, 0.5) is 0 Å². The van der Waals surface area contributed by atoms with Crippen LogP contribution < -0.4 is 8.92 Å². The van der Waals surface area contributed by atoms with Crippen molar-refractivity contribution in [3.05, 3.63) is 52.5 Å². The van der Waals surface area contributed by atoms with E-state index in [0.29, 0.717) is 10.2 Å². The van der Waals surface area contributed by atoms with Crippen LogP contribution in [0.15, 0.2) is 51.8 Å². The third kappa shape index (κ3) is 3.13. The first-order valence-corrected chi connectivity index (χ1v) is 7.98. The van der Waals surface area contributed by atoms with Crippen molar-refractivity contribution in [1.82, 2.24) is 0 Å². The summed E-state index contributed by atoms with van der Waals surface area (Å²) in [6.45, 7) is 1.78. The molecule has 0 unspecified atom stereocenters. The normalized spacial score (nSPS) is 11.2. The molecule has 2 aromatic carbocycles. The van der Waals surface area contributed by atoms with E-state index >= 15 is 0 Å². The maximum Gasteiger partial charge on any atom is 0.342 e. The van der Waals surface area contributed by atoms with E-state index in [9.17, 15) is 8.42 Å². The Balaban J connectivity index is 2.46. The van der Waals surface area contributed by atoms with E-state index in [0.717, 1.165) is 5.56 Å². The molecule has 0 aliphatic carbocycles. The second-order valence-electron chi connectivity index (χ2n) is 4.10. The highest BCUT2D eigenvalue weighted by atomic mass is 79.9. The average molecular weight is 357 g/mol. The number of aryl methyl sites for hydroxylation is 1. The molecule has 0 saturated carbocycles. The van der Waals surface area contributed by atoms with Crippen molar-refractivity contribution in [3.63, 3.8) is 0 Å². The first-order chi connectivity index (χ1) is 9.44. The Bertz CT molecular complexity index is 726. The summed E-state index contributed by atoms with van der Waals surface area (Å²) >= 11 is 3.24. The predicted octanol–water partition coefficient (Wildman–Crippen LogP) is 3.53. The Hall–Kier alpha value is -1.53. The quantitative estimate of drug-likeness (QED) is 0.786. The molecule has 106 valence electrons. The topological polar surface area (TPSA) is 52.6 Å². The predicted molar refractivity (Wildman–Crippen MR) is 79.7 cm³/mol. The van der Waals surface area contributed by atoms with Gasteiger partial charge in [0.15, 0.2) is 0 Å². The van der Waals surface area contributed by atoms with Crippen molar-refractivity contribution < 1.29 is 17.3 Å². The fraction of sp³-hybridized carbons (Fsp3) is 0.143. The second-order valence-corrected chi connectivity index (χ2v) is 6.53. The molecule has 0 bridgehead atoms. The Labute approximate surface area is 126 Å². The van der Waals surface area contributed by atoms with Crippen molar-refractivity contribution in [2.45, 2.75) is 11.8 Å². The molecule has 0 heterocycles. The van der Waals surface area contributed by atoms with Gasteiger partial charge in [-0.3, -0.25) is 0 Å². The van der Waals surface area contributed by atoms with Crippen LogP contribution in [-0.4, -0.2) is 15.5 Å². The zero-order chi connectivity index (χ0) is 14.8. The molecule has 0 aliphatic heterocycles. The van der Waals surface area contributed by atoms with Crippen LogP contribution in [0.2, 0.25) is 0 Å². The number of hydrogen-bond acceptors (Lipinski definition) is 4. The lowest BCUT2D eigenvalue weighted by atomic mass is 10.2. The van der Waals surface area contributed by atoms with Gasteiger partial charge in [0.2, 0.25) is 0 Å². The van der Waals surface area contributed by atoms with Crippen LogP contribution in [0, 0.1) is 6.92 Å². The van der Waals surface area contributed by atoms with Crippen molar-refractivity contribution in [3.8, 4) is 11.5 Å². The molecule has 0 fully saturated rings. The molecule has 0 radical (unpaired) electrons. The van der Waals surface area contributed by atoms with Gasteiger partial charge in [0.1, 0.15) is 16.4 Å². The van der Waals surface area contributed by atoms with Crippen molar-refractivity contribution in [2.75, 3.05) is 7.11 Å². The molecule has 0 N–H and O–H groups in total. The Kier molecular flexibility index (Phi) is 4.35. The SMILES string of the molecule is COc1ccc(Br)cc1S(=O)(=O)Oc1ccccc1C. The average Bonchev–Trinajstić information content (AvgIpc) is 2.41. The Morgan fingerprint density at radius 2 is 1.75 bits per heavy atom. The smallest absolute Gasteiger partial charge is 0.342 e. The molecule has 0 saturated heterocycles. The summed E-state index contributed by atoms with van der Waals surface area (Å²) in [6, 6.07) is 11.6. The molecular weight excluding hydrogens is 344 g/mol. The summed E-state index contributed by atoms with van der Waals surface area (Å²) in [7, 11) is -2.54. The van der Waals surface area contributed by atoms with Gasteiger partial charge in [-0.25, -0.2) is 0 Å². The number of rotatable bonds is 4. The van der Waals surface area contributed by atoms with Gasteiger partial charge >= 0.3 is 10.1 Å². The number of ether oxygens (including phenoxy) is 1. The molecule has 2 rings (SSSR count). The van der Waals surface area contributed by atoms with Gasteiger partial charge in [0.05, 0.1) is 7.11 Å². The molecule has 0 amide bonds. The molecule has 0 aliphatic rings. The molecule has 0 spiro atoms. The summed E-state index contributed by atoms with van der Waals surface area (Å²) < 4.78 is 35.6. The van der Waals surface area contributed by atoms with Crippen LogP contribution in [0.1, 0.15) is 5.56 Å². The first kappa shape index (κ1) is 14.9. The Morgan fingerprint density at radius 1 is 1.05 bits per heavy atom. The lowest BCUT2D eigenvalue weighted by Gasteiger charge is -2.12. The fourth-order valence-electron chi connectivity index (χ4n) is 1.66. The molecule has 2 aromatic rings. The van der Waals surface area contributed by atoms with Crippen LogP contribution >= 0.6 is 15.9 Å². The fourth-order valence-corrected chi connectivity index (χ4v) is 3.35. The van der Waals surface area contributed by atoms with Crippen molar-refractivity contribution in [2.24, 2.45) is 0 Å². The van der Waals surface area contributed by atoms with Crippen molar-refractivity contribution in [1.29, 1.82) is 0 Å². The minimum atomic E-state index is -3.96. The minimum absolute atomic E-state index is 0.0161. The number of benzene rings is 2. The largest absolute Gasteiger partial charge is 0.495 e. The van der Waals surface area contributed by atoms with Crippen LogP contribution in [0.3, 0.4) is 0 Å². The van der Waals surface area contributed by atoms with Gasteiger partial charge in [-0.15, -0.1) is 0 Å². The number of hydrogen-bond donors (Lipinski definition) is 0. The van der Waals surface area contributed by atoms with Gasteiger partial charge in [-0.1, -0.05) is 34.1 Å². The summed E-state index contributed by atoms with van der Waals surface area (Å²) in [5.74, 6) is 0.538. The van der Waals surface area contributed by atoms with Gasteiger partial charge in [0.25, 0.3) is 0 Å². The van der Waals surface area contributed by atoms with E-state index in [4.69, 9.17) is 8.92 Å². The number of para-hydroxylation sites is 1. The van der Waals surface area contributed by atoms with E-state index in [1.807, 2.05) is 6.07 Å². The first-order valence-electron chi connectivity index (χ1n) is 5.77. The molecule has 0 atom stereocenters. The number of methoxy groups -OCH3 is 1. The zero-order valence-electron chi connectivity index (χ0n) is 11.0. The van der Waals surface area contributed by atoms with E-state index < -0.39 is 10.1 Å². The monoisotopic (exact) mass is 356 g/mol. The Morgan fingerprint density at radius 3 is 2.40 bits per heavy atom. The van der Waals surface area contributed by atoms with Crippen LogP contribution in [0.25, 0.3) is 0 Å². The van der Waals surface area contributed by atoms with Crippen molar-refractivity contribution >= 4 is 26.0 Å². The van der Waals surface area contributed by atoms with E-state index in [1.165, 1.54) is 13.2 Å². The standard InChI is InChI=1S/C14H13BrO4S/c1-10-5-3-4-6-12(10)19-20(16,17)14-9-11(15)7-8-13(14)18-2/h3-9H,1-2H3. The highest BCUT2D eigenvalue weighted by molar-refractivity contribution is 9.10. The van der Waals surface area contributed by atoms with E-state index in [-0.39, 0.29) is 10.6 Å². The highest BCUT2D eigenvalue weighted by Crippen LogP contribution is 2.30. The molecule has 20 heavy (non-hydrogen) atoms. The molecule has 6 heteroatoms. The van der Waals surface area contributed by atoms with E-state index in [1.54, 1.807) is 37.3 Å². The van der Waals surface area contributed by atoms with Gasteiger partial charge in [0, 0.05) is 4.47 Å². The van der Waals surface area contributed by atoms with Gasteiger partial charge in [-0.2, -0.15) is 8.42 Å². The van der Waals surface area contributed by atoms with Crippen LogP contribution in [0.5, 0.6) is 11.5 Å². The summed E-state index contributed by atoms with van der Waals surface area (Å²) in [6.07, 6.45) is 0. The third-order valence-electron chi connectivity index (χ3n) is 2.69. The highest BCUT2D eigenvalue weighted by Gasteiger charge is 2.22. The lowest BCUT2D eigenvalue weighted by molar-refractivity contribution is 0.398. The second kappa shape index (κ2) is 5.85. The molecule has 0 aromatic heterocycles. The van der Waals surface area contributed by atoms with Gasteiger partial charge in [-0.05, 0) is 36.8 Å². The molecular formula is C14H13BrO4S. The maximum absolute atomic E-state index is 12.4.